The van der Waals surface area contributed by atoms with Crippen LogP contribution in [-0.2, 0) is 14.8 Å². The first kappa shape index (κ1) is 22.2. The monoisotopic (exact) mass is 419 g/mol. The third kappa shape index (κ3) is 5.95. The smallest absolute Gasteiger partial charge is 0.260 e. The van der Waals surface area contributed by atoms with E-state index in [1.807, 2.05) is 31.2 Å². The molecule has 2 aromatic carbocycles. The van der Waals surface area contributed by atoms with E-state index in [2.05, 4.69) is 10.5 Å². The van der Waals surface area contributed by atoms with E-state index < -0.39 is 22.5 Å². The summed E-state index contributed by atoms with van der Waals surface area (Å²) in [6, 6.07) is 12.3. The predicted octanol–water partition coefficient (Wildman–Crippen LogP) is 2.32. The summed E-state index contributed by atoms with van der Waals surface area (Å²) in [4.78, 5) is 12.4. The molecule has 0 unspecified atom stereocenters. The number of hydrogen-bond acceptors (Lipinski definition) is 6. The highest BCUT2D eigenvalue weighted by molar-refractivity contribution is 7.92. The quantitative estimate of drug-likeness (QED) is 0.523. The van der Waals surface area contributed by atoms with Gasteiger partial charge in [-0.05, 0) is 31.5 Å². The Morgan fingerprint density at radius 2 is 1.69 bits per heavy atom. The SMILES string of the molecule is COc1ccc(N(CC(=O)N/N=C(/C)c2ccc(C)cc2)S(C)(=O)=O)cc1OC. The maximum Gasteiger partial charge on any atom is 0.260 e. The lowest BCUT2D eigenvalue weighted by atomic mass is 10.1. The lowest BCUT2D eigenvalue weighted by Gasteiger charge is -2.22. The van der Waals surface area contributed by atoms with E-state index >= 15 is 0 Å². The molecule has 0 atom stereocenters. The first-order valence-corrected chi connectivity index (χ1v) is 10.6. The van der Waals surface area contributed by atoms with Crippen LogP contribution < -0.4 is 19.2 Å². The molecule has 0 saturated carbocycles. The van der Waals surface area contributed by atoms with Gasteiger partial charge >= 0.3 is 0 Å². The van der Waals surface area contributed by atoms with Gasteiger partial charge in [-0.1, -0.05) is 29.8 Å². The molecule has 0 aromatic heterocycles. The Morgan fingerprint density at radius 3 is 2.24 bits per heavy atom. The van der Waals surface area contributed by atoms with Crippen LogP contribution in [0.1, 0.15) is 18.1 Å². The number of amides is 1. The number of carbonyl (C=O) groups excluding carboxylic acids is 1. The highest BCUT2D eigenvalue weighted by atomic mass is 32.2. The molecule has 156 valence electrons. The Hall–Kier alpha value is -3.07. The van der Waals surface area contributed by atoms with Crippen molar-refractivity contribution in [1.82, 2.24) is 5.43 Å². The van der Waals surface area contributed by atoms with E-state index in [9.17, 15) is 13.2 Å². The Balaban J connectivity index is 2.19. The van der Waals surface area contributed by atoms with Gasteiger partial charge in [-0.2, -0.15) is 5.10 Å². The lowest BCUT2D eigenvalue weighted by Crippen LogP contribution is -2.39. The van der Waals surface area contributed by atoms with Crippen LogP contribution in [0.3, 0.4) is 0 Å². The zero-order valence-corrected chi connectivity index (χ0v) is 17.9. The molecule has 0 aliphatic carbocycles. The fourth-order valence-electron chi connectivity index (χ4n) is 2.55. The molecular weight excluding hydrogens is 394 g/mol. The van der Waals surface area contributed by atoms with Crippen molar-refractivity contribution in [3.63, 3.8) is 0 Å². The van der Waals surface area contributed by atoms with Crippen molar-refractivity contribution in [2.24, 2.45) is 5.10 Å². The zero-order chi connectivity index (χ0) is 21.6. The number of anilines is 1. The number of hydrazone groups is 1. The molecule has 9 heteroatoms. The van der Waals surface area contributed by atoms with Crippen LogP contribution >= 0.6 is 0 Å². The molecule has 0 saturated heterocycles. The standard InChI is InChI=1S/C20H25N3O5S/c1-14-6-8-16(9-7-14)15(2)21-22-20(24)13-23(29(5,25)26)17-10-11-18(27-3)19(12-17)28-4/h6-12H,13H2,1-5H3,(H,22,24)/b21-15-. The van der Waals surface area contributed by atoms with Crippen molar-refractivity contribution in [3.05, 3.63) is 53.6 Å². The van der Waals surface area contributed by atoms with Crippen LogP contribution in [0, 0.1) is 6.92 Å². The molecule has 0 spiro atoms. The number of sulfonamides is 1. The average molecular weight is 420 g/mol. The summed E-state index contributed by atoms with van der Waals surface area (Å²) in [7, 11) is -0.799. The number of ether oxygens (including phenoxy) is 2. The summed E-state index contributed by atoms with van der Waals surface area (Å²) >= 11 is 0. The van der Waals surface area contributed by atoms with Crippen molar-refractivity contribution in [2.45, 2.75) is 13.8 Å². The molecule has 0 aliphatic rings. The second-order valence-electron chi connectivity index (χ2n) is 6.41. The lowest BCUT2D eigenvalue weighted by molar-refractivity contribution is -0.119. The second kappa shape index (κ2) is 9.42. The first-order chi connectivity index (χ1) is 13.7. The topological polar surface area (TPSA) is 97.3 Å². The van der Waals surface area contributed by atoms with Crippen molar-refractivity contribution in [3.8, 4) is 11.5 Å². The van der Waals surface area contributed by atoms with Gasteiger partial charge in [0, 0.05) is 6.07 Å². The van der Waals surface area contributed by atoms with E-state index in [4.69, 9.17) is 9.47 Å². The second-order valence-corrected chi connectivity index (χ2v) is 8.31. The maximum atomic E-state index is 12.4. The minimum absolute atomic E-state index is 0.277. The summed E-state index contributed by atoms with van der Waals surface area (Å²) in [5.41, 5.74) is 5.26. The summed E-state index contributed by atoms with van der Waals surface area (Å²) in [6.07, 6.45) is 1.03. The van der Waals surface area contributed by atoms with Crippen LogP contribution in [0.5, 0.6) is 11.5 Å². The number of nitrogens with one attached hydrogen (secondary N) is 1. The van der Waals surface area contributed by atoms with Gasteiger partial charge in [0.05, 0.1) is 31.9 Å². The van der Waals surface area contributed by atoms with Crippen molar-refractivity contribution in [2.75, 3.05) is 31.3 Å². The van der Waals surface area contributed by atoms with Gasteiger partial charge in [0.15, 0.2) is 11.5 Å². The molecule has 0 heterocycles. The highest BCUT2D eigenvalue weighted by Gasteiger charge is 2.22. The van der Waals surface area contributed by atoms with Gasteiger partial charge in [0.2, 0.25) is 10.0 Å². The van der Waals surface area contributed by atoms with Gasteiger partial charge in [-0.25, -0.2) is 13.8 Å². The number of methoxy groups -OCH3 is 2. The third-order valence-corrected chi connectivity index (χ3v) is 5.30. The van der Waals surface area contributed by atoms with Crippen LogP contribution in [0.25, 0.3) is 0 Å². The molecule has 2 aromatic rings. The fraction of sp³-hybridized carbons (Fsp3) is 0.300. The molecule has 0 fully saturated rings. The first-order valence-electron chi connectivity index (χ1n) is 8.75. The summed E-state index contributed by atoms with van der Waals surface area (Å²) in [5, 5.41) is 4.06. The molecule has 1 N–H and O–H groups in total. The number of rotatable bonds is 8. The minimum Gasteiger partial charge on any atom is -0.493 e. The number of hydrogen-bond donors (Lipinski definition) is 1. The Bertz CT molecular complexity index is 1000. The van der Waals surface area contributed by atoms with Gasteiger partial charge in [0.25, 0.3) is 5.91 Å². The van der Waals surface area contributed by atoms with Crippen LogP contribution in [0.15, 0.2) is 47.6 Å². The molecule has 0 aliphatic heterocycles. The van der Waals surface area contributed by atoms with Crippen molar-refractivity contribution < 1.29 is 22.7 Å². The Kier molecular flexibility index (Phi) is 7.22. The van der Waals surface area contributed by atoms with Gasteiger partial charge < -0.3 is 9.47 Å². The molecule has 8 nitrogen and oxygen atoms in total. The van der Waals surface area contributed by atoms with E-state index in [0.29, 0.717) is 17.2 Å². The minimum atomic E-state index is -3.73. The van der Waals surface area contributed by atoms with E-state index in [0.717, 1.165) is 21.7 Å². The maximum absolute atomic E-state index is 12.4. The van der Waals surface area contributed by atoms with Crippen molar-refractivity contribution in [1.29, 1.82) is 0 Å². The molecule has 1 amide bonds. The largest absolute Gasteiger partial charge is 0.493 e. The highest BCUT2D eigenvalue weighted by Crippen LogP contribution is 2.32. The zero-order valence-electron chi connectivity index (χ0n) is 17.1. The Morgan fingerprint density at radius 1 is 1.07 bits per heavy atom. The summed E-state index contributed by atoms with van der Waals surface area (Å²) in [6.45, 7) is 3.30. The van der Waals surface area contributed by atoms with Crippen molar-refractivity contribution >= 4 is 27.3 Å². The fourth-order valence-corrected chi connectivity index (χ4v) is 3.40. The predicted molar refractivity (Wildman–Crippen MR) is 113 cm³/mol. The van der Waals surface area contributed by atoms with Crippen LogP contribution in [-0.4, -0.2) is 47.1 Å². The normalized spacial score (nSPS) is 11.7. The number of carbonyl (C=O) groups is 1. The van der Waals surface area contributed by atoms with Crippen LogP contribution in [0.4, 0.5) is 5.69 Å². The summed E-state index contributed by atoms with van der Waals surface area (Å²) < 4.78 is 35.8. The van der Waals surface area contributed by atoms with E-state index in [-0.39, 0.29) is 5.69 Å². The molecule has 0 radical (unpaired) electrons. The molecular formula is C20H25N3O5S. The van der Waals surface area contributed by atoms with Gasteiger partial charge in [0.1, 0.15) is 6.54 Å². The number of nitrogens with zero attached hydrogens (tertiary/aromatic N) is 2. The molecule has 29 heavy (non-hydrogen) atoms. The number of aryl methyl sites for hydroxylation is 1. The van der Waals surface area contributed by atoms with E-state index in [1.54, 1.807) is 13.0 Å². The Labute approximate surface area is 171 Å². The number of benzene rings is 2. The molecule has 2 rings (SSSR count). The summed E-state index contributed by atoms with van der Waals surface area (Å²) in [5.74, 6) is 0.233. The van der Waals surface area contributed by atoms with Gasteiger partial charge in [-0.3, -0.25) is 9.10 Å². The molecule has 0 bridgehead atoms. The third-order valence-electron chi connectivity index (χ3n) is 4.16. The average Bonchev–Trinajstić information content (AvgIpc) is 2.69. The van der Waals surface area contributed by atoms with Crippen LogP contribution in [0.2, 0.25) is 0 Å². The van der Waals surface area contributed by atoms with E-state index in [1.165, 1.54) is 26.4 Å². The van der Waals surface area contributed by atoms with Gasteiger partial charge in [-0.15, -0.1) is 0 Å².